The van der Waals surface area contributed by atoms with Crippen LogP contribution in [0.4, 0.5) is 0 Å². The first kappa shape index (κ1) is 13.8. The first-order valence-electron chi connectivity index (χ1n) is 7.11. The summed E-state index contributed by atoms with van der Waals surface area (Å²) >= 11 is 0. The highest BCUT2D eigenvalue weighted by molar-refractivity contribution is 5.74. The molecule has 0 saturated carbocycles. The third-order valence-electron chi connectivity index (χ3n) is 3.85. The molecule has 0 aliphatic carbocycles. The fourth-order valence-electron chi connectivity index (χ4n) is 2.59. The highest BCUT2D eigenvalue weighted by Crippen LogP contribution is 2.13. The molecule has 0 spiro atoms. The van der Waals surface area contributed by atoms with Gasteiger partial charge in [0.15, 0.2) is 0 Å². The molecule has 6 heteroatoms. The van der Waals surface area contributed by atoms with E-state index >= 15 is 0 Å². The zero-order valence-corrected chi connectivity index (χ0v) is 12.1. The Labute approximate surface area is 123 Å². The fraction of sp³-hybridized carbons (Fsp3) is 0.333. The Balaban J connectivity index is 1.68. The number of benzene rings is 1. The number of rotatable bonds is 6. The largest absolute Gasteiger partial charge is 0.329 e. The van der Waals surface area contributed by atoms with E-state index in [4.69, 9.17) is 5.84 Å². The van der Waals surface area contributed by atoms with Crippen LogP contribution >= 0.6 is 0 Å². The van der Waals surface area contributed by atoms with Crippen LogP contribution in [0, 0.1) is 0 Å². The highest BCUT2D eigenvalue weighted by Gasteiger charge is 2.11. The predicted molar refractivity (Wildman–Crippen MR) is 82.4 cm³/mol. The molecule has 2 heterocycles. The summed E-state index contributed by atoms with van der Waals surface area (Å²) in [6.07, 6.45) is 5.59. The number of aryl methyl sites for hydroxylation is 2. The second-order valence-corrected chi connectivity index (χ2v) is 5.23. The molecule has 1 aromatic carbocycles. The van der Waals surface area contributed by atoms with Gasteiger partial charge in [-0.1, -0.05) is 12.1 Å². The lowest BCUT2D eigenvalue weighted by Gasteiger charge is -2.17. The Hall–Kier alpha value is -2.18. The van der Waals surface area contributed by atoms with Crippen molar-refractivity contribution < 1.29 is 0 Å². The third-order valence-corrected chi connectivity index (χ3v) is 3.85. The number of hydrogen-bond acceptors (Lipinski definition) is 4. The SMILES string of the molecule is Cn1nccc1CCC(Cn1cnc2ccccc21)NN. The number of hydrazine groups is 1. The molecule has 6 nitrogen and oxygen atoms in total. The lowest BCUT2D eigenvalue weighted by molar-refractivity contribution is 0.432. The van der Waals surface area contributed by atoms with Gasteiger partial charge in [-0.2, -0.15) is 5.10 Å². The zero-order chi connectivity index (χ0) is 14.7. The first-order chi connectivity index (χ1) is 10.3. The average Bonchev–Trinajstić information content (AvgIpc) is 3.10. The molecule has 2 aromatic heterocycles. The van der Waals surface area contributed by atoms with Gasteiger partial charge in [0.25, 0.3) is 0 Å². The highest BCUT2D eigenvalue weighted by atomic mass is 15.3. The number of nitrogens with one attached hydrogen (secondary N) is 1. The number of hydrogen-bond donors (Lipinski definition) is 2. The summed E-state index contributed by atoms with van der Waals surface area (Å²) in [5, 5.41) is 4.19. The number of nitrogens with two attached hydrogens (primary N) is 1. The van der Waals surface area contributed by atoms with Gasteiger partial charge in [-0.3, -0.25) is 16.0 Å². The third kappa shape index (κ3) is 2.96. The number of imidazole rings is 1. The molecule has 3 aromatic rings. The normalized spacial score (nSPS) is 12.9. The molecule has 0 aliphatic rings. The van der Waals surface area contributed by atoms with E-state index in [-0.39, 0.29) is 6.04 Å². The molecule has 1 unspecified atom stereocenters. The molecule has 3 rings (SSSR count). The van der Waals surface area contributed by atoms with Gasteiger partial charge in [0.1, 0.15) is 0 Å². The zero-order valence-electron chi connectivity index (χ0n) is 12.1. The van der Waals surface area contributed by atoms with Gasteiger partial charge in [0, 0.05) is 31.5 Å². The second kappa shape index (κ2) is 6.07. The Kier molecular flexibility index (Phi) is 3.98. The smallest absolute Gasteiger partial charge is 0.0958 e. The average molecular weight is 284 g/mol. The van der Waals surface area contributed by atoms with E-state index in [2.05, 4.69) is 26.1 Å². The molecule has 0 saturated heterocycles. The molecule has 0 fully saturated rings. The van der Waals surface area contributed by atoms with E-state index in [1.165, 1.54) is 5.69 Å². The van der Waals surface area contributed by atoms with E-state index < -0.39 is 0 Å². The minimum Gasteiger partial charge on any atom is -0.329 e. The van der Waals surface area contributed by atoms with Crippen molar-refractivity contribution in [2.45, 2.75) is 25.4 Å². The Morgan fingerprint density at radius 3 is 2.90 bits per heavy atom. The van der Waals surface area contributed by atoms with Crippen molar-refractivity contribution in [3.8, 4) is 0 Å². The van der Waals surface area contributed by atoms with Crippen molar-refractivity contribution in [2.75, 3.05) is 0 Å². The molecule has 0 amide bonds. The lowest BCUT2D eigenvalue weighted by Crippen LogP contribution is -2.38. The van der Waals surface area contributed by atoms with E-state index in [1.54, 1.807) is 0 Å². The van der Waals surface area contributed by atoms with Crippen molar-refractivity contribution in [3.05, 3.63) is 48.5 Å². The van der Waals surface area contributed by atoms with E-state index in [1.807, 2.05) is 48.5 Å². The molecule has 21 heavy (non-hydrogen) atoms. The summed E-state index contributed by atoms with van der Waals surface area (Å²) in [7, 11) is 1.96. The van der Waals surface area contributed by atoms with Gasteiger partial charge in [-0.15, -0.1) is 0 Å². The first-order valence-corrected chi connectivity index (χ1v) is 7.11. The van der Waals surface area contributed by atoms with Crippen LogP contribution in [0.1, 0.15) is 12.1 Å². The van der Waals surface area contributed by atoms with Crippen LogP contribution < -0.4 is 11.3 Å². The maximum absolute atomic E-state index is 5.70. The van der Waals surface area contributed by atoms with Gasteiger partial charge < -0.3 is 4.57 Å². The van der Waals surface area contributed by atoms with Gasteiger partial charge in [0.05, 0.1) is 17.4 Å². The van der Waals surface area contributed by atoms with Crippen molar-refractivity contribution in [1.82, 2.24) is 24.8 Å². The molecule has 0 bridgehead atoms. The molecule has 0 radical (unpaired) electrons. The summed E-state index contributed by atoms with van der Waals surface area (Å²) in [5.74, 6) is 5.70. The second-order valence-electron chi connectivity index (χ2n) is 5.23. The van der Waals surface area contributed by atoms with Gasteiger partial charge in [-0.25, -0.2) is 4.98 Å². The minimum atomic E-state index is 0.192. The van der Waals surface area contributed by atoms with E-state index in [0.717, 1.165) is 30.4 Å². The van der Waals surface area contributed by atoms with E-state index in [9.17, 15) is 0 Å². The van der Waals surface area contributed by atoms with Crippen molar-refractivity contribution in [3.63, 3.8) is 0 Å². The van der Waals surface area contributed by atoms with E-state index in [0.29, 0.717) is 0 Å². The lowest BCUT2D eigenvalue weighted by atomic mass is 10.1. The molecule has 3 N–H and O–H groups in total. The van der Waals surface area contributed by atoms with Crippen molar-refractivity contribution in [1.29, 1.82) is 0 Å². The van der Waals surface area contributed by atoms with Crippen molar-refractivity contribution >= 4 is 11.0 Å². The molecule has 110 valence electrons. The number of aromatic nitrogens is 4. The summed E-state index contributed by atoms with van der Waals surface area (Å²) in [5.41, 5.74) is 6.27. The van der Waals surface area contributed by atoms with Crippen LogP contribution in [0.3, 0.4) is 0 Å². The number of nitrogens with zero attached hydrogens (tertiary/aromatic N) is 4. The number of para-hydroxylation sites is 2. The predicted octanol–water partition coefficient (Wildman–Crippen LogP) is 1.23. The molecule has 0 aliphatic heterocycles. The van der Waals surface area contributed by atoms with Crippen molar-refractivity contribution in [2.24, 2.45) is 12.9 Å². The van der Waals surface area contributed by atoms with Crippen LogP contribution in [-0.2, 0) is 20.0 Å². The quantitative estimate of drug-likeness (QED) is 0.527. The molecule has 1 atom stereocenters. The summed E-state index contributed by atoms with van der Waals surface area (Å²) in [6.45, 7) is 0.800. The maximum Gasteiger partial charge on any atom is 0.0958 e. The topological polar surface area (TPSA) is 73.7 Å². The maximum atomic E-state index is 5.70. The minimum absolute atomic E-state index is 0.192. The molecular formula is C15H20N6. The summed E-state index contributed by atoms with van der Waals surface area (Å²) in [4.78, 5) is 4.41. The fourth-order valence-corrected chi connectivity index (χ4v) is 2.59. The number of fused-ring (bicyclic) bond motifs is 1. The van der Waals surface area contributed by atoms with Crippen LogP contribution in [0.5, 0.6) is 0 Å². The van der Waals surface area contributed by atoms with Crippen LogP contribution in [0.25, 0.3) is 11.0 Å². The Bertz CT molecular complexity index is 714. The summed E-state index contributed by atoms with van der Waals surface area (Å²) < 4.78 is 4.04. The monoisotopic (exact) mass is 284 g/mol. The standard InChI is InChI=1S/C15H20N6/c1-20-13(8-9-18-20)7-6-12(19-16)10-21-11-17-14-4-2-3-5-15(14)21/h2-5,8-9,11-12,19H,6-7,10,16H2,1H3. The van der Waals surface area contributed by atoms with Crippen LogP contribution in [0.15, 0.2) is 42.9 Å². The van der Waals surface area contributed by atoms with Gasteiger partial charge in [-0.05, 0) is 31.0 Å². The molecular weight excluding hydrogens is 264 g/mol. The van der Waals surface area contributed by atoms with Gasteiger partial charge in [0.2, 0.25) is 0 Å². The van der Waals surface area contributed by atoms with Crippen LogP contribution in [0.2, 0.25) is 0 Å². The summed E-state index contributed by atoms with van der Waals surface area (Å²) in [6, 6.07) is 10.4. The Morgan fingerprint density at radius 1 is 1.29 bits per heavy atom. The van der Waals surface area contributed by atoms with Gasteiger partial charge >= 0.3 is 0 Å². The Morgan fingerprint density at radius 2 is 2.14 bits per heavy atom. The van der Waals surface area contributed by atoms with Crippen LogP contribution in [-0.4, -0.2) is 25.4 Å².